The van der Waals surface area contributed by atoms with Gasteiger partial charge in [0.15, 0.2) is 0 Å². The van der Waals surface area contributed by atoms with Gasteiger partial charge in [0.1, 0.15) is 26.2 Å². The Morgan fingerprint density at radius 1 is 1.07 bits per heavy atom. The molecule has 2 nitrogen and oxygen atoms in total. The van der Waals surface area contributed by atoms with Gasteiger partial charge in [-0.05, 0) is 26.2 Å². The van der Waals surface area contributed by atoms with Gasteiger partial charge in [0.05, 0.1) is 13.1 Å². The monoisotopic (exact) mass is 210 g/mol. The summed E-state index contributed by atoms with van der Waals surface area (Å²) < 4.78 is 0. The first-order valence-electron chi connectivity index (χ1n) is 6.70. The summed E-state index contributed by atoms with van der Waals surface area (Å²) in [4.78, 5) is 3.68. The second-order valence-corrected chi connectivity index (χ2v) is 5.21. The number of nitrogens with one attached hydrogen (secondary N) is 2. The third-order valence-corrected chi connectivity index (χ3v) is 4.12. The van der Waals surface area contributed by atoms with Gasteiger partial charge in [0, 0.05) is 5.92 Å². The molecule has 1 aliphatic carbocycles. The Morgan fingerprint density at radius 3 is 2.40 bits per heavy atom. The van der Waals surface area contributed by atoms with E-state index in [2.05, 4.69) is 19.1 Å². The van der Waals surface area contributed by atoms with Gasteiger partial charge in [-0.15, -0.1) is 0 Å². The van der Waals surface area contributed by atoms with E-state index in [1.54, 1.807) is 0 Å². The predicted octanol–water partition coefficient (Wildman–Crippen LogP) is -0.854. The zero-order valence-corrected chi connectivity index (χ0v) is 10.1. The van der Waals surface area contributed by atoms with Crippen LogP contribution in [0.4, 0.5) is 0 Å². The van der Waals surface area contributed by atoms with Gasteiger partial charge in [-0.25, -0.2) is 0 Å². The Bertz CT molecular complexity index is 205. The standard InChI is InChI=1S/C13H24N2/c1-2-14-8-10-15(11-9-14)12-13-6-4-3-5-7-13/h3-4,13H,2,5-12H2,1H3/p+2/t13-/m0/s1. The van der Waals surface area contributed by atoms with Gasteiger partial charge in [0.2, 0.25) is 0 Å². The molecule has 86 valence electrons. The molecule has 2 rings (SSSR count). The van der Waals surface area contributed by atoms with Crippen molar-refractivity contribution in [1.29, 1.82) is 0 Å². The van der Waals surface area contributed by atoms with Crippen molar-refractivity contribution in [2.45, 2.75) is 26.2 Å². The minimum Gasteiger partial charge on any atom is -0.326 e. The lowest BCUT2D eigenvalue weighted by atomic mass is 9.94. The number of hydrogen-bond donors (Lipinski definition) is 2. The molecule has 0 spiro atoms. The Labute approximate surface area is 93.9 Å². The third kappa shape index (κ3) is 3.32. The third-order valence-electron chi connectivity index (χ3n) is 4.12. The van der Waals surface area contributed by atoms with E-state index in [0.717, 1.165) is 5.92 Å². The molecule has 0 aromatic rings. The Balaban J connectivity index is 1.69. The fraction of sp³-hybridized carbons (Fsp3) is 0.846. The van der Waals surface area contributed by atoms with E-state index < -0.39 is 0 Å². The maximum absolute atomic E-state index is 2.39. The number of piperazine rings is 1. The van der Waals surface area contributed by atoms with Crippen molar-refractivity contribution in [3.63, 3.8) is 0 Å². The first-order chi connectivity index (χ1) is 7.38. The fourth-order valence-electron chi connectivity index (χ4n) is 2.96. The summed E-state index contributed by atoms with van der Waals surface area (Å²) in [6, 6.07) is 0. The highest BCUT2D eigenvalue weighted by Crippen LogP contribution is 2.15. The summed E-state index contributed by atoms with van der Waals surface area (Å²) in [6.07, 6.45) is 8.84. The number of rotatable bonds is 3. The minimum atomic E-state index is 0.980. The molecule has 1 fully saturated rings. The van der Waals surface area contributed by atoms with Gasteiger partial charge in [-0.1, -0.05) is 12.2 Å². The average Bonchev–Trinajstić information content (AvgIpc) is 2.31. The second-order valence-electron chi connectivity index (χ2n) is 5.21. The second kappa shape index (κ2) is 5.66. The van der Waals surface area contributed by atoms with Crippen LogP contribution in [0.15, 0.2) is 12.2 Å². The van der Waals surface area contributed by atoms with Crippen LogP contribution >= 0.6 is 0 Å². The van der Waals surface area contributed by atoms with Crippen molar-refractivity contribution in [2.75, 3.05) is 39.3 Å². The quantitative estimate of drug-likeness (QED) is 0.561. The molecule has 1 heterocycles. The Kier molecular flexibility index (Phi) is 4.21. The molecule has 2 aliphatic rings. The predicted molar refractivity (Wildman–Crippen MR) is 63.3 cm³/mol. The minimum absolute atomic E-state index is 0.980. The van der Waals surface area contributed by atoms with Crippen molar-refractivity contribution in [1.82, 2.24) is 0 Å². The molecular formula is C13H26N2+2. The summed E-state index contributed by atoms with van der Waals surface area (Å²) in [7, 11) is 0. The van der Waals surface area contributed by atoms with Gasteiger partial charge in [-0.2, -0.15) is 0 Å². The molecule has 1 aliphatic heterocycles. The first kappa shape index (κ1) is 11.2. The lowest BCUT2D eigenvalue weighted by Crippen LogP contribution is -3.28. The van der Waals surface area contributed by atoms with E-state index in [0.29, 0.717) is 0 Å². The number of likely N-dealkylation sites (N-methyl/N-ethyl adjacent to an activating group) is 1. The lowest BCUT2D eigenvalue weighted by molar-refractivity contribution is -1.01. The Hall–Kier alpha value is -0.340. The Morgan fingerprint density at radius 2 is 1.80 bits per heavy atom. The van der Waals surface area contributed by atoms with Crippen molar-refractivity contribution in [3.05, 3.63) is 12.2 Å². The SMILES string of the molecule is CC[NH+]1CC[NH+](C[C@H]2CC=CCC2)CC1. The maximum Gasteiger partial charge on any atom is 0.127 e. The van der Waals surface area contributed by atoms with Crippen LogP contribution in [0.1, 0.15) is 26.2 Å². The van der Waals surface area contributed by atoms with Crippen LogP contribution < -0.4 is 9.80 Å². The highest BCUT2D eigenvalue weighted by Gasteiger charge is 2.24. The highest BCUT2D eigenvalue weighted by molar-refractivity contribution is 4.89. The van der Waals surface area contributed by atoms with Crippen molar-refractivity contribution >= 4 is 0 Å². The first-order valence-corrected chi connectivity index (χ1v) is 6.70. The largest absolute Gasteiger partial charge is 0.326 e. The van der Waals surface area contributed by atoms with E-state index in [1.807, 2.05) is 9.80 Å². The van der Waals surface area contributed by atoms with Gasteiger partial charge in [-0.3, -0.25) is 0 Å². The van der Waals surface area contributed by atoms with Crippen molar-refractivity contribution in [3.8, 4) is 0 Å². The lowest BCUT2D eigenvalue weighted by Gasteiger charge is -2.31. The van der Waals surface area contributed by atoms with Crippen molar-refractivity contribution < 1.29 is 9.80 Å². The van der Waals surface area contributed by atoms with E-state index in [9.17, 15) is 0 Å². The summed E-state index contributed by atoms with van der Waals surface area (Å²) in [6.45, 7) is 10.7. The molecule has 0 unspecified atom stereocenters. The maximum atomic E-state index is 2.39. The smallest absolute Gasteiger partial charge is 0.127 e. The molecule has 0 amide bonds. The average molecular weight is 210 g/mol. The summed E-state index contributed by atoms with van der Waals surface area (Å²) >= 11 is 0. The zero-order chi connectivity index (χ0) is 10.5. The van der Waals surface area contributed by atoms with E-state index >= 15 is 0 Å². The van der Waals surface area contributed by atoms with Crippen LogP contribution in [0.3, 0.4) is 0 Å². The van der Waals surface area contributed by atoms with Crippen LogP contribution in [0.2, 0.25) is 0 Å². The summed E-state index contributed by atoms with van der Waals surface area (Å²) in [5, 5.41) is 0. The molecule has 0 saturated carbocycles. The molecule has 0 aromatic carbocycles. The van der Waals surface area contributed by atoms with E-state index in [4.69, 9.17) is 0 Å². The van der Waals surface area contributed by atoms with Crippen LogP contribution in [0.5, 0.6) is 0 Å². The molecule has 1 atom stereocenters. The van der Waals surface area contributed by atoms with E-state index in [-0.39, 0.29) is 0 Å². The fourth-order valence-corrected chi connectivity index (χ4v) is 2.96. The number of allylic oxidation sites excluding steroid dienone is 2. The molecule has 0 radical (unpaired) electrons. The van der Waals surface area contributed by atoms with Crippen LogP contribution in [0.25, 0.3) is 0 Å². The highest BCUT2D eigenvalue weighted by atomic mass is 15.3. The number of quaternary nitrogens is 2. The van der Waals surface area contributed by atoms with E-state index in [1.165, 1.54) is 58.5 Å². The van der Waals surface area contributed by atoms with Gasteiger partial charge in [0.25, 0.3) is 0 Å². The zero-order valence-electron chi connectivity index (χ0n) is 10.1. The topological polar surface area (TPSA) is 8.88 Å². The molecule has 2 heteroatoms. The van der Waals surface area contributed by atoms with Crippen molar-refractivity contribution in [2.24, 2.45) is 5.92 Å². The molecule has 0 bridgehead atoms. The van der Waals surface area contributed by atoms with Gasteiger partial charge < -0.3 is 9.80 Å². The molecule has 1 saturated heterocycles. The molecule has 0 aromatic heterocycles. The summed E-state index contributed by atoms with van der Waals surface area (Å²) in [5.41, 5.74) is 0. The molecule has 2 N–H and O–H groups in total. The van der Waals surface area contributed by atoms with Crippen LogP contribution in [0, 0.1) is 5.92 Å². The summed E-state index contributed by atoms with van der Waals surface area (Å²) in [5.74, 6) is 0.980. The van der Waals surface area contributed by atoms with Crippen LogP contribution in [-0.4, -0.2) is 39.3 Å². The molecular weight excluding hydrogens is 184 g/mol. The number of hydrogen-bond acceptors (Lipinski definition) is 0. The normalized spacial score (nSPS) is 36.7. The van der Waals surface area contributed by atoms with Gasteiger partial charge >= 0.3 is 0 Å². The molecule has 15 heavy (non-hydrogen) atoms. The van der Waals surface area contributed by atoms with Crippen LogP contribution in [-0.2, 0) is 0 Å².